The Bertz CT molecular complexity index is 774. The maximum absolute atomic E-state index is 12.4. The second-order valence-corrected chi connectivity index (χ2v) is 6.35. The number of nitrogens with zero attached hydrogens (tertiary/aromatic N) is 2. The number of amides is 2. The number of aromatic nitrogens is 1. The van der Waals surface area contributed by atoms with Crippen LogP contribution in [0.5, 0.6) is 0 Å². The van der Waals surface area contributed by atoms with Crippen LogP contribution in [0, 0.1) is 0 Å². The van der Waals surface area contributed by atoms with Gasteiger partial charge >= 0.3 is 6.09 Å². The van der Waals surface area contributed by atoms with Gasteiger partial charge in [0.2, 0.25) is 0 Å². The Kier molecular flexibility index (Phi) is 6.25. The molecule has 2 amide bonds. The van der Waals surface area contributed by atoms with Gasteiger partial charge in [-0.1, -0.05) is 18.2 Å². The van der Waals surface area contributed by atoms with Crippen molar-refractivity contribution < 1.29 is 14.3 Å². The molecule has 7 nitrogen and oxygen atoms in total. The van der Waals surface area contributed by atoms with Crippen LogP contribution in [-0.4, -0.2) is 47.6 Å². The minimum absolute atomic E-state index is 0.177. The lowest BCUT2D eigenvalue weighted by atomic mass is 10.1. The summed E-state index contributed by atoms with van der Waals surface area (Å²) in [5.74, 6) is 0.481. The van der Waals surface area contributed by atoms with Gasteiger partial charge in [0.15, 0.2) is 0 Å². The zero-order chi connectivity index (χ0) is 19.1. The Morgan fingerprint density at radius 2 is 1.93 bits per heavy atom. The normalized spacial score (nSPS) is 14.5. The van der Waals surface area contributed by atoms with Crippen molar-refractivity contribution in [2.45, 2.75) is 25.8 Å². The molecule has 3 rings (SSSR count). The van der Waals surface area contributed by atoms with E-state index in [0.717, 1.165) is 18.5 Å². The minimum Gasteiger partial charge on any atom is -0.450 e. The van der Waals surface area contributed by atoms with Gasteiger partial charge in [-0.2, -0.15) is 0 Å². The quantitative estimate of drug-likeness (QED) is 0.845. The molecule has 2 N–H and O–H groups in total. The zero-order valence-electron chi connectivity index (χ0n) is 15.4. The first-order chi connectivity index (χ1) is 13.2. The molecule has 27 heavy (non-hydrogen) atoms. The van der Waals surface area contributed by atoms with E-state index in [1.54, 1.807) is 30.2 Å². The lowest BCUT2D eigenvalue weighted by Gasteiger charge is -2.31. The number of carbonyl (C=O) groups is 2. The Balaban J connectivity index is 1.55. The molecule has 0 atom stereocenters. The molecule has 1 aromatic carbocycles. The van der Waals surface area contributed by atoms with Gasteiger partial charge in [0.25, 0.3) is 5.91 Å². The summed E-state index contributed by atoms with van der Waals surface area (Å²) in [6.45, 7) is 3.48. The SMILES string of the molecule is CCOC(=O)N1CCC(Nc2cc(C(=O)Nc3ccccc3)ccn2)CC1. The number of piperidine rings is 1. The molecule has 142 valence electrons. The highest BCUT2D eigenvalue weighted by molar-refractivity contribution is 6.04. The lowest BCUT2D eigenvalue weighted by molar-refractivity contribution is 0.0981. The second-order valence-electron chi connectivity index (χ2n) is 6.35. The van der Waals surface area contributed by atoms with Crippen molar-refractivity contribution in [2.75, 3.05) is 30.3 Å². The van der Waals surface area contributed by atoms with Crippen molar-refractivity contribution in [1.82, 2.24) is 9.88 Å². The molecular formula is C20H24N4O3. The summed E-state index contributed by atoms with van der Waals surface area (Å²) in [4.78, 5) is 30.2. The highest BCUT2D eigenvalue weighted by atomic mass is 16.6. The van der Waals surface area contributed by atoms with Crippen molar-refractivity contribution in [2.24, 2.45) is 0 Å². The summed E-state index contributed by atoms with van der Waals surface area (Å²) in [5, 5.41) is 6.23. The fourth-order valence-corrected chi connectivity index (χ4v) is 3.01. The third kappa shape index (κ3) is 5.20. The highest BCUT2D eigenvalue weighted by Crippen LogP contribution is 2.17. The molecule has 1 aliphatic rings. The van der Waals surface area contributed by atoms with Gasteiger partial charge < -0.3 is 20.3 Å². The summed E-state index contributed by atoms with van der Waals surface area (Å²) in [5.41, 5.74) is 1.29. The largest absolute Gasteiger partial charge is 0.450 e. The topological polar surface area (TPSA) is 83.6 Å². The number of hydrogen-bond acceptors (Lipinski definition) is 5. The number of pyridine rings is 1. The summed E-state index contributed by atoms with van der Waals surface area (Å²) in [7, 11) is 0. The number of nitrogens with one attached hydrogen (secondary N) is 2. The number of benzene rings is 1. The fraction of sp³-hybridized carbons (Fsp3) is 0.350. The van der Waals surface area contributed by atoms with Crippen LogP contribution in [0.2, 0.25) is 0 Å². The van der Waals surface area contributed by atoms with Gasteiger partial charge in [-0.15, -0.1) is 0 Å². The molecule has 2 aromatic rings. The molecule has 1 saturated heterocycles. The maximum atomic E-state index is 12.4. The number of anilines is 2. The average Bonchev–Trinajstić information content (AvgIpc) is 2.70. The fourth-order valence-electron chi connectivity index (χ4n) is 3.01. The Labute approximate surface area is 158 Å². The molecular weight excluding hydrogens is 344 g/mol. The number of para-hydroxylation sites is 1. The number of likely N-dealkylation sites (tertiary alicyclic amines) is 1. The van der Waals surface area contributed by atoms with E-state index in [2.05, 4.69) is 15.6 Å². The van der Waals surface area contributed by atoms with Gasteiger partial charge in [-0.3, -0.25) is 4.79 Å². The molecule has 0 bridgehead atoms. The monoisotopic (exact) mass is 368 g/mol. The van der Waals surface area contributed by atoms with Crippen LogP contribution >= 0.6 is 0 Å². The van der Waals surface area contributed by atoms with Crippen LogP contribution < -0.4 is 10.6 Å². The van der Waals surface area contributed by atoms with Crippen molar-refractivity contribution >= 4 is 23.5 Å². The first kappa shape index (κ1) is 18.7. The molecule has 1 fully saturated rings. The predicted molar refractivity (Wildman–Crippen MR) is 104 cm³/mol. The predicted octanol–water partition coefficient (Wildman–Crippen LogP) is 3.37. The number of carbonyl (C=O) groups excluding carboxylic acids is 2. The van der Waals surface area contributed by atoms with E-state index in [0.29, 0.717) is 31.1 Å². The molecule has 0 radical (unpaired) electrons. The third-order valence-corrected chi connectivity index (χ3v) is 4.43. The van der Waals surface area contributed by atoms with Crippen LogP contribution in [0.3, 0.4) is 0 Å². The van der Waals surface area contributed by atoms with Crippen LogP contribution in [0.15, 0.2) is 48.7 Å². The van der Waals surface area contributed by atoms with Crippen LogP contribution in [0.1, 0.15) is 30.1 Å². The van der Waals surface area contributed by atoms with E-state index in [1.165, 1.54) is 0 Å². The van der Waals surface area contributed by atoms with Crippen LogP contribution in [0.25, 0.3) is 0 Å². The number of ether oxygens (including phenoxy) is 1. The molecule has 2 heterocycles. The first-order valence-electron chi connectivity index (χ1n) is 9.16. The van der Waals surface area contributed by atoms with Crippen LogP contribution in [-0.2, 0) is 4.74 Å². The van der Waals surface area contributed by atoms with Gasteiger partial charge in [-0.05, 0) is 44.0 Å². The molecule has 0 spiro atoms. The molecule has 0 saturated carbocycles. The number of hydrogen-bond donors (Lipinski definition) is 2. The van der Waals surface area contributed by atoms with E-state index >= 15 is 0 Å². The lowest BCUT2D eigenvalue weighted by Crippen LogP contribution is -2.42. The third-order valence-electron chi connectivity index (χ3n) is 4.43. The van der Waals surface area contributed by atoms with Crippen molar-refractivity contribution in [3.05, 3.63) is 54.2 Å². The molecule has 1 aliphatic heterocycles. The molecule has 1 aromatic heterocycles. The first-order valence-corrected chi connectivity index (χ1v) is 9.16. The Morgan fingerprint density at radius 1 is 1.19 bits per heavy atom. The summed E-state index contributed by atoms with van der Waals surface area (Å²) in [6.07, 6.45) is 2.98. The standard InChI is InChI=1S/C20H24N4O3/c1-2-27-20(26)24-12-9-17(10-13-24)22-18-14-15(8-11-21-18)19(25)23-16-6-4-3-5-7-16/h3-8,11,14,17H,2,9-10,12-13H2,1H3,(H,21,22)(H,23,25). The smallest absolute Gasteiger partial charge is 0.409 e. The van der Waals surface area contributed by atoms with Crippen LogP contribution in [0.4, 0.5) is 16.3 Å². The Hall–Kier alpha value is -3.09. The van der Waals surface area contributed by atoms with Crippen molar-refractivity contribution in [3.63, 3.8) is 0 Å². The van der Waals surface area contributed by atoms with Gasteiger partial charge in [0.05, 0.1) is 6.61 Å². The molecule has 7 heteroatoms. The number of rotatable bonds is 5. The van der Waals surface area contributed by atoms with E-state index in [9.17, 15) is 9.59 Å². The average molecular weight is 368 g/mol. The highest BCUT2D eigenvalue weighted by Gasteiger charge is 2.23. The van der Waals surface area contributed by atoms with Gasteiger partial charge in [0, 0.05) is 36.6 Å². The summed E-state index contributed by atoms with van der Waals surface area (Å²) < 4.78 is 5.04. The minimum atomic E-state index is -0.256. The second kappa shape index (κ2) is 9.02. The molecule has 0 unspecified atom stereocenters. The van der Waals surface area contributed by atoms with Crippen molar-refractivity contribution in [1.29, 1.82) is 0 Å². The van der Waals surface area contributed by atoms with Gasteiger partial charge in [0.1, 0.15) is 5.82 Å². The van der Waals surface area contributed by atoms with E-state index < -0.39 is 0 Å². The zero-order valence-corrected chi connectivity index (χ0v) is 15.4. The molecule has 0 aliphatic carbocycles. The van der Waals surface area contributed by atoms with E-state index in [4.69, 9.17) is 4.74 Å². The van der Waals surface area contributed by atoms with E-state index in [1.807, 2.05) is 30.3 Å². The Morgan fingerprint density at radius 3 is 2.63 bits per heavy atom. The van der Waals surface area contributed by atoms with E-state index in [-0.39, 0.29) is 18.0 Å². The van der Waals surface area contributed by atoms with Gasteiger partial charge in [-0.25, -0.2) is 9.78 Å². The maximum Gasteiger partial charge on any atom is 0.409 e. The summed E-state index contributed by atoms with van der Waals surface area (Å²) in [6, 6.07) is 13.0. The summed E-state index contributed by atoms with van der Waals surface area (Å²) >= 11 is 0. The van der Waals surface area contributed by atoms with Crippen molar-refractivity contribution in [3.8, 4) is 0 Å².